The van der Waals surface area contributed by atoms with E-state index in [1.807, 2.05) is 0 Å². The Balaban J connectivity index is 1.19. The number of rotatable bonds is 4. The fraction of sp³-hybridized carbons (Fsp3) is 0. The summed E-state index contributed by atoms with van der Waals surface area (Å²) in [5.74, 6) is 0. The van der Waals surface area contributed by atoms with Crippen LogP contribution in [0.5, 0.6) is 0 Å². The van der Waals surface area contributed by atoms with E-state index in [1.165, 1.54) is 87.5 Å². The maximum absolute atomic E-state index is 2.44. The normalized spacial score (nSPS) is 11.7. The van der Waals surface area contributed by atoms with E-state index in [0.29, 0.717) is 0 Å². The third-order valence-corrected chi connectivity index (χ3v) is 10.1. The molecule has 0 aliphatic rings. The van der Waals surface area contributed by atoms with Gasteiger partial charge in [-0.2, -0.15) is 0 Å². The minimum absolute atomic E-state index is 1.15. The van der Waals surface area contributed by atoms with E-state index in [1.54, 1.807) is 0 Å². The second-order valence-electron chi connectivity index (χ2n) is 13.0. The second kappa shape index (κ2) is 11.1. The zero-order valence-corrected chi connectivity index (χ0v) is 26.8. The minimum atomic E-state index is 1.15. The Morgan fingerprint density at radius 1 is 0.245 bits per heavy atom. The van der Waals surface area contributed by atoms with Gasteiger partial charge < -0.3 is 4.57 Å². The van der Waals surface area contributed by atoms with Gasteiger partial charge in [-0.15, -0.1) is 0 Å². The molecule has 1 heteroatoms. The van der Waals surface area contributed by atoms with Crippen LogP contribution in [0.4, 0.5) is 0 Å². The lowest BCUT2D eigenvalue weighted by molar-refractivity contribution is 1.18. The third kappa shape index (κ3) is 4.55. The maximum Gasteiger partial charge on any atom is 0.0547 e. The summed E-state index contributed by atoms with van der Waals surface area (Å²) in [5, 5.41) is 10.2. The predicted molar refractivity (Wildman–Crippen MR) is 210 cm³/mol. The van der Waals surface area contributed by atoms with Gasteiger partial charge in [0.05, 0.1) is 11.0 Å². The molecule has 0 atom stereocenters. The first-order valence-electron chi connectivity index (χ1n) is 16.9. The topological polar surface area (TPSA) is 4.93 Å². The number of para-hydroxylation sites is 1. The Bertz CT molecular complexity index is 2800. The Hall–Kier alpha value is -6.44. The van der Waals surface area contributed by atoms with Crippen molar-refractivity contribution in [1.29, 1.82) is 0 Å². The van der Waals surface area contributed by atoms with Gasteiger partial charge in [0, 0.05) is 16.5 Å². The fourth-order valence-electron chi connectivity index (χ4n) is 7.78. The maximum atomic E-state index is 2.44. The van der Waals surface area contributed by atoms with Gasteiger partial charge in [-0.3, -0.25) is 0 Å². The zero-order valence-electron chi connectivity index (χ0n) is 26.8. The summed E-state index contributed by atoms with van der Waals surface area (Å²) >= 11 is 0. The van der Waals surface area contributed by atoms with Gasteiger partial charge in [0.1, 0.15) is 0 Å². The average Bonchev–Trinajstić information content (AvgIpc) is 3.50. The van der Waals surface area contributed by atoms with Crippen LogP contribution in [0, 0.1) is 0 Å². The molecule has 0 amide bonds. The molecule has 0 aliphatic heterocycles. The summed E-state index contributed by atoms with van der Waals surface area (Å²) in [5.41, 5.74) is 10.8. The molecule has 1 aromatic heterocycles. The molecule has 9 aromatic carbocycles. The van der Waals surface area contributed by atoms with Crippen LogP contribution in [0.2, 0.25) is 0 Å². The summed E-state index contributed by atoms with van der Waals surface area (Å²) in [6.07, 6.45) is 0. The van der Waals surface area contributed by atoms with Crippen molar-refractivity contribution < 1.29 is 0 Å². The lowest BCUT2D eigenvalue weighted by Gasteiger charge is -2.14. The highest BCUT2D eigenvalue weighted by Gasteiger charge is 2.16. The van der Waals surface area contributed by atoms with Crippen molar-refractivity contribution in [3.8, 4) is 39.1 Å². The van der Waals surface area contributed by atoms with Crippen LogP contribution in [0.15, 0.2) is 188 Å². The molecule has 10 aromatic rings. The Morgan fingerprint density at radius 2 is 0.816 bits per heavy atom. The summed E-state index contributed by atoms with van der Waals surface area (Å²) in [6.45, 7) is 0. The van der Waals surface area contributed by atoms with Crippen molar-refractivity contribution in [3.63, 3.8) is 0 Å². The van der Waals surface area contributed by atoms with E-state index in [4.69, 9.17) is 0 Å². The number of hydrogen-bond acceptors (Lipinski definition) is 0. The lowest BCUT2D eigenvalue weighted by Crippen LogP contribution is -1.95. The molecule has 0 bridgehead atoms. The Morgan fingerprint density at radius 3 is 1.55 bits per heavy atom. The van der Waals surface area contributed by atoms with Crippen molar-refractivity contribution in [3.05, 3.63) is 188 Å². The Labute approximate surface area is 284 Å². The largest absolute Gasteiger partial charge is 0.309 e. The molecule has 0 spiro atoms. The molecule has 0 unspecified atom stereocenters. The summed E-state index contributed by atoms with van der Waals surface area (Å²) in [4.78, 5) is 0. The van der Waals surface area contributed by atoms with Crippen LogP contribution < -0.4 is 0 Å². The summed E-state index contributed by atoms with van der Waals surface area (Å²) < 4.78 is 2.44. The van der Waals surface area contributed by atoms with E-state index in [0.717, 1.165) is 5.69 Å². The number of nitrogens with zero attached hydrogens (tertiary/aromatic N) is 1. The molecule has 0 N–H and O–H groups in total. The third-order valence-electron chi connectivity index (χ3n) is 10.1. The van der Waals surface area contributed by atoms with Gasteiger partial charge in [-0.25, -0.2) is 0 Å². The highest BCUT2D eigenvalue weighted by atomic mass is 15.0. The molecule has 0 saturated heterocycles. The molecule has 49 heavy (non-hydrogen) atoms. The molecular weight excluding hydrogens is 591 g/mol. The number of hydrogen-bond donors (Lipinski definition) is 0. The van der Waals surface area contributed by atoms with Gasteiger partial charge >= 0.3 is 0 Å². The molecular formula is C48H31N. The standard InChI is InChI=1S/C48H31N/c1-3-12-32(13-4-1)37-26-38(33-14-5-2-6-15-33)28-39(27-37)35-17-11-18-40(29-35)49-47-21-10-9-20-44(47)46-31-45-36(30-48(46)49)23-25-42-41-19-8-7-16-34(41)22-24-43(42)45/h1-31H. The fourth-order valence-corrected chi connectivity index (χ4v) is 7.78. The highest BCUT2D eigenvalue weighted by Crippen LogP contribution is 2.40. The SMILES string of the molecule is c1ccc(-c2cc(-c3ccccc3)cc(-c3cccc(-n4c5ccccc5c5cc6c(ccc7c8ccccc8ccc67)cc54)c3)c2)cc1. The van der Waals surface area contributed by atoms with Crippen LogP contribution in [0.1, 0.15) is 0 Å². The van der Waals surface area contributed by atoms with Crippen LogP contribution in [0.3, 0.4) is 0 Å². The first-order chi connectivity index (χ1) is 24.3. The summed E-state index contributed by atoms with van der Waals surface area (Å²) in [6, 6.07) is 68.8. The van der Waals surface area contributed by atoms with Crippen molar-refractivity contribution in [2.45, 2.75) is 0 Å². The average molecular weight is 622 g/mol. The van der Waals surface area contributed by atoms with Crippen molar-refractivity contribution in [2.24, 2.45) is 0 Å². The first kappa shape index (κ1) is 27.7. The van der Waals surface area contributed by atoms with Gasteiger partial charge in [-0.1, -0.05) is 140 Å². The number of fused-ring (bicyclic) bond motifs is 8. The molecule has 10 rings (SSSR count). The molecule has 0 saturated carbocycles. The van der Waals surface area contributed by atoms with Crippen molar-refractivity contribution >= 4 is 54.1 Å². The monoisotopic (exact) mass is 621 g/mol. The van der Waals surface area contributed by atoms with E-state index in [2.05, 4.69) is 193 Å². The second-order valence-corrected chi connectivity index (χ2v) is 13.0. The van der Waals surface area contributed by atoms with Crippen molar-refractivity contribution in [1.82, 2.24) is 4.57 Å². The predicted octanol–water partition coefficient (Wildman–Crippen LogP) is 13.2. The smallest absolute Gasteiger partial charge is 0.0547 e. The minimum Gasteiger partial charge on any atom is -0.309 e. The summed E-state index contributed by atoms with van der Waals surface area (Å²) in [7, 11) is 0. The van der Waals surface area contributed by atoms with E-state index in [9.17, 15) is 0 Å². The van der Waals surface area contributed by atoms with Crippen LogP contribution in [0.25, 0.3) is 93.2 Å². The van der Waals surface area contributed by atoms with Gasteiger partial charge in [-0.05, 0) is 114 Å². The highest BCUT2D eigenvalue weighted by molar-refractivity contribution is 6.22. The van der Waals surface area contributed by atoms with Gasteiger partial charge in [0.15, 0.2) is 0 Å². The molecule has 0 fully saturated rings. The van der Waals surface area contributed by atoms with Crippen LogP contribution >= 0.6 is 0 Å². The lowest BCUT2D eigenvalue weighted by atomic mass is 9.93. The van der Waals surface area contributed by atoms with Crippen LogP contribution in [-0.2, 0) is 0 Å². The van der Waals surface area contributed by atoms with Crippen molar-refractivity contribution in [2.75, 3.05) is 0 Å². The molecule has 0 radical (unpaired) electrons. The molecule has 0 aliphatic carbocycles. The van der Waals surface area contributed by atoms with Gasteiger partial charge in [0.2, 0.25) is 0 Å². The quantitative estimate of drug-likeness (QED) is 0.172. The zero-order chi connectivity index (χ0) is 32.3. The van der Waals surface area contributed by atoms with E-state index >= 15 is 0 Å². The number of aromatic nitrogens is 1. The molecule has 1 heterocycles. The van der Waals surface area contributed by atoms with E-state index < -0.39 is 0 Å². The molecule has 228 valence electrons. The number of benzene rings is 9. The van der Waals surface area contributed by atoms with E-state index in [-0.39, 0.29) is 0 Å². The van der Waals surface area contributed by atoms with Gasteiger partial charge in [0.25, 0.3) is 0 Å². The van der Waals surface area contributed by atoms with Crippen LogP contribution in [-0.4, -0.2) is 4.57 Å². The Kier molecular flexibility index (Phi) is 6.25. The molecule has 1 nitrogen and oxygen atoms in total. The first-order valence-corrected chi connectivity index (χ1v) is 16.9.